The number of rotatable bonds is 3. The minimum atomic E-state index is 0.388. The first kappa shape index (κ1) is 14.5. The predicted molar refractivity (Wildman–Crippen MR) is 96.1 cm³/mol. The third-order valence-corrected chi connectivity index (χ3v) is 3.67. The summed E-state index contributed by atoms with van der Waals surface area (Å²) in [6.07, 6.45) is 0. The van der Waals surface area contributed by atoms with Crippen LogP contribution in [-0.2, 0) is 11.3 Å². The molecule has 22 heavy (non-hydrogen) atoms. The van der Waals surface area contributed by atoms with Crippen molar-refractivity contribution in [2.24, 2.45) is 0 Å². The average molecular weight is 307 g/mol. The second kappa shape index (κ2) is 6.58. The standard InChI is InChI=1S/C19H17NOS/c1-14-5-4-8-18(11-14)20-19(22)21-13-15-9-10-16-6-2-3-7-17(16)12-15/h2-12H,13H2,1H3,(H,20,22). The van der Waals surface area contributed by atoms with E-state index in [1.807, 2.05) is 43.3 Å². The van der Waals surface area contributed by atoms with Crippen LogP contribution in [0.2, 0.25) is 0 Å². The number of hydrogen-bond acceptors (Lipinski definition) is 2. The molecule has 0 fully saturated rings. The second-order valence-electron chi connectivity index (χ2n) is 5.25. The molecule has 0 unspecified atom stereocenters. The van der Waals surface area contributed by atoms with Gasteiger partial charge in [-0.25, -0.2) is 0 Å². The second-order valence-corrected chi connectivity index (χ2v) is 5.62. The van der Waals surface area contributed by atoms with E-state index >= 15 is 0 Å². The van der Waals surface area contributed by atoms with Crippen LogP contribution < -0.4 is 5.32 Å². The maximum absolute atomic E-state index is 5.64. The lowest BCUT2D eigenvalue weighted by Crippen LogP contribution is -2.13. The van der Waals surface area contributed by atoms with E-state index < -0.39 is 0 Å². The van der Waals surface area contributed by atoms with Crippen molar-refractivity contribution < 1.29 is 4.74 Å². The lowest BCUT2D eigenvalue weighted by Gasteiger charge is -2.11. The molecule has 0 aliphatic rings. The first-order valence-electron chi connectivity index (χ1n) is 7.19. The van der Waals surface area contributed by atoms with E-state index in [1.54, 1.807) is 0 Å². The summed E-state index contributed by atoms with van der Waals surface area (Å²) in [7, 11) is 0. The molecule has 3 rings (SSSR count). The zero-order valence-electron chi connectivity index (χ0n) is 12.4. The molecule has 0 aliphatic heterocycles. The number of nitrogens with one attached hydrogen (secondary N) is 1. The zero-order chi connectivity index (χ0) is 15.4. The van der Waals surface area contributed by atoms with Crippen LogP contribution in [0.4, 0.5) is 5.69 Å². The minimum absolute atomic E-state index is 0.388. The number of aryl methyl sites for hydroxylation is 1. The molecular weight excluding hydrogens is 290 g/mol. The van der Waals surface area contributed by atoms with Crippen molar-refractivity contribution in [3.05, 3.63) is 77.9 Å². The largest absolute Gasteiger partial charge is 0.466 e. The van der Waals surface area contributed by atoms with Crippen molar-refractivity contribution >= 4 is 33.9 Å². The molecule has 0 spiro atoms. The summed E-state index contributed by atoms with van der Waals surface area (Å²) >= 11 is 5.24. The molecule has 3 heteroatoms. The van der Waals surface area contributed by atoms with Gasteiger partial charge >= 0.3 is 0 Å². The maximum atomic E-state index is 5.64. The molecule has 110 valence electrons. The van der Waals surface area contributed by atoms with Crippen molar-refractivity contribution in [1.82, 2.24) is 0 Å². The number of anilines is 1. The Hall–Kier alpha value is -2.39. The Morgan fingerprint density at radius 2 is 1.77 bits per heavy atom. The number of thiocarbonyl (C=S) groups is 1. The average Bonchev–Trinajstić information content (AvgIpc) is 2.53. The topological polar surface area (TPSA) is 21.3 Å². The Bertz CT molecular complexity index is 813. The van der Waals surface area contributed by atoms with Crippen LogP contribution in [0.1, 0.15) is 11.1 Å². The molecule has 3 aromatic rings. The van der Waals surface area contributed by atoms with E-state index in [-0.39, 0.29) is 0 Å². The smallest absolute Gasteiger partial charge is 0.261 e. The summed E-state index contributed by atoms with van der Waals surface area (Å²) in [6.45, 7) is 2.51. The van der Waals surface area contributed by atoms with Gasteiger partial charge in [0.15, 0.2) is 0 Å². The molecule has 0 amide bonds. The molecule has 0 aromatic heterocycles. The van der Waals surface area contributed by atoms with Crippen molar-refractivity contribution in [3.8, 4) is 0 Å². The lowest BCUT2D eigenvalue weighted by molar-refractivity contribution is 0.300. The molecule has 0 radical (unpaired) electrons. The highest BCUT2D eigenvalue weighted by atomic mass is 32.1. The van der Waals surface area contributed by atoms with Gasteiger partial charge in [0, 0.05) is 5.69 Å². The Kier molecular flexibility index (Phi) is 4.35. The van der Waals surface area contributed by atoms with Gasteiger partial charge in [0.1, 0.15) is 6.61 Å². The molecule has 0 aliphatic carbocycles. The lowest BCUT2D eigenvalue weighted by atomic mass is 10.1. The third kappa shape index (κ3) is 3.62. The van der Waals surface area contributed by atoms with Crippen LogP contribution in [0.3, 0.4) is 0 Å². The summed E-state index contributed by atoms with van der Waals surface area (Å²) in [4.78, 5) is 0. The fraction of sp³-hybridized carbons (Fsp3) is 0.105. The van der Waals surface area contributed by atoms with Crippen LogP contribution in [0, 0.1) is 6.92 Å². The summed E-state index contributed by atoms with van der Waals surface area (Å²) in [5.74, 6) is 0. The number of hydrogen-bond donors (Lipinski definition) is 1. The Morgan fingerprint density at radius 3 is 2.59 bits per heavy atom. The van der Waals surface area contributed by atoms with Crippen molar-refractivity contribution in [1.29, 1.82) is 0 Å². The molecule has 3 aromatic carbocycles. The van der Waals surface area contributed by atoms with Gasteiger partial charge in [-0.1, -0.05) is 48.5 Å². The Balaban J connectivity index is 1.62. The van der Waals surface area contributed by atoms with E-state index in [1.165, 1.54) is 16.3 Å². The van der Waals surface area contributed by atoms with E-state index in [4.69, 9.17) is 17.0 Å². The molecule has 2 nitrogen and oxygen atoms in total. The minimum Gasteiger partial charge on any atom is -0.466 e. The fourth-order valence-corrected chi connectivity index (χ4v) is 2.53. The van der Waals surface area contributed by atoms with Gasteiger partial charge in [0.2, 0.25) is 0 Å². The highest BCUT2D eigenvalue weighted by Gasteiger charge is 2.01. The van der Waals surface area contributed by atoms with Gasteiger partial charge in [0.25, 0.3) is 5.17 Å². The van der Waals surface area contributed by atoms with Crippen LogP contribution in [0.15, 0.2) is 66.7 Å². The molecule has 0 atom stereocenters. The highest BCUT2D eigenvalue weighted by Crippen LogP contribution is 2.16. The van der Waals surface area contributed by atoms with Crippen LogP contribution in [0.25, 0.3) is 10.8 Å². The van der Waals surface area contributed by atoms with Gasteiger partial charge in [-0.3, -0.25) is 0 Å². The van der Waals surface area contributed by atoms with E-state index in [0.717, 1.165) is 11.3 Å². The summed E-state index contributed by atoms with van der Waals surface area (Å²) < 4.78 is 5.64. The summed E-state index contributed by atoms with van der Waals surface area (Å²) in [5.41, 5.74) is 3.23. The highest BCUT2D eigenvalue weighted by molar-refractivity contribution is 7.80. The van der Waals surface area contributed by atoms with Gasteiger partial charge < -0.3 is 10.1 Å². The van der Waals surface area contributed by atoms with Crippen molar-refractivity contribution in [3.63, 3.8) is 0 Å². The third-order valence-electron chi connectivity index (χ3n) is 3.45. The first-order valence-corrected chi connectivity index (χ1v) is 7.60. The van der Waals surface area contributed by atoms with Crippen molar-refractivity contribution in [2.75, 3.05) is 5.32 Å². The molecule has 0 saturated heterocycles. The summed E-state index contributed by atoms with van der Waals surface area (Å²) in [6, 6.07) is 22.6. The van der Waals surface area contributed by atoms with Gasteiger partial charge in [-0.15, -0.1) is 0 Å². The molecule has 0 bridgehead atoms. The first-order chi connectivity index (χ1) is 10.7. The normalized spacial score (nSPS) is 10.4. The van der Waals surface area contributed by atoms with E-state index in [2.05, 4.69) is 35.6 Å². The van der Waals surface area contributed by atoms with Crippen LogP contribution >= 0.6 is 12.2 Å². The maximum Gasteiger partial charge on any atom is 0.261 e. The quantitative estimate of drug-likeness (QED) is 0.683. The summed E-state index contributed by atoms with van der Waals surface area (Å²) in [5, 5.41) is 5.92. The predicted octanol–water partition coefficient (Wildman–Crippen LogP) is 5.06. The molecular formula is C19H17NOS. The van der Waals surface area contributed by atoms with E-state index in [9.17, 15) is 0 Å². The Labute approximate surface area is 135 Å². The molecule has 0 heterocycles. The Morgan fingerprint density at radius 1 is 0.955 bits per heavy atom. The molecule has 0 saturated carbocycles. The van der Waals surface area contributed by atoms with Crippen LogP contribution in [0.5, 0.6) is 0 Å². The molecule has 1 N–H and O–H groups in total. The number of fused-ring (bicyclic) bond motifs is 1. The van der Waals surface area contributed by atoms with Gasteiger partial charge in [0.05, 0.1) is 0 Å². The zero-order valence-corrected chi connectivity index (χ0v) is 13.2. The van der Waals surface area contributed by atoms with Crippen molar-refractivity contribution in [2.45, 2.75) is 13.5 Å². The van der Waals surface area contributed by atoms with Gasteiger partial charge in [-0.05, 0) is 59.2 Å². The van der Waals surface area contributed by atoms with Crippen LogP contribution in [-0.4, -0.2) is 5.17 Å². The monoisotopic (exact) mass is 307 g/mol. The van der Waals surface area contributed by atoms with Gasteiger partial charge in [-0.2, -0.15) is 0 Å². The fourth-order valence-electron chi connectivity index (χ4n) is 2.35. The number of benzene rings is 3. The SMILES string of the molecule is Cc1cccc(NC(=S)OCc2ccc3ccccc3c2)c1. The van der Waals surface area contributed by atoms with E-state index in [0.29, 0.717) is 11.8 Å². The number of ether oxygens (including phenoxy) is 1.